The summed E-state index contributed by atoms with van der Waals surface area (Å²) in [6.07, 6.45) is 4.58. The van der Waals surface area contributed by atoms with Crippen molar-refractivity contribution in [2.24, 2.45) is 0 Å². The molecule has 1 atom stereocenters. The van der Waals surface area contributed by atoms with E-state index >= 15 is 0 Å². The first kappa shape index (κ1) is 20.3. The van der Waals surface area contributed by atoms with Gasteiger partial charge in [0.2, 0.25) is 0 Å². The number of hydrogen-bond donors (Lipinski definition) is 0. The molecule has 0 radical (unpaired) electrons. The van der Waals surface area contributed by atoms with Crippen LogP contribution in [0.2, 0.25) is 0 Å². The molecule has 0 amide bonds. The first-order chi connectivity index (χ1) is 17.8. The van der Waals surface area contributed by atoms with Gasteiger partial charge in [-0.3, -0.25) is 0 Å². The molecule has 0 nitrogen and oxygen atoms in total. The van der Waals surface area contributed by atoms with Crippen molar-refractivity contribution in [2.45, 2.75) is 5.41 Å². The molecule has 8 rings (SSSR count). The third kappa shape index (κ3) is 2.44. The van der Waals surface area contributed by atoms with E-state index in [-0.39, 0.29) is 0 Å². The minimum atomic E-state index is -0.436. The number of rotatable bonds is 0. The molecule has 0 aromatic heterocycles. The topological polar surface area (TPSA) is 0 Å². The van der Waals surface area contributed by atoms with Crippen LogP contribution in [0.1, 0.15) is 33.4 Å². The molecule has 0 saturated carbocycles. The molecule has 1 heteroatoms. The summed E-state index contributed by atoms with van der Waals surface area (Å²) in [5.74, 6) is 0. The normalized spacial score (nSPS) is 17.0. The van der Waals surface area contributed by atoms with E-state index in [0.29, 0.717) is 0 Å². The molecule has 0 N–H and O–H groups in total. The smallest absolute Gasteiger partial charge is 0.0619 e. The van der Waals surface area contributed by atoms with Crippen molar-refractivity contribution in [3.63, 3.8) is 0 Å². The number of benzene rings is 6. The van der Waals surface area contributed by atoms with E-state index in [1.807, 2.05) is 0 Å². The highest BCUT2D eigenvalue weighted by atomic mass is 79.9. The number of hydrogen-bond acceptors (Lipinski definition) is 0. The Morgan fingerprint density at radius 1 is 0.472 bits per heavy atom. The Morgan fingerprint density at radius 2 is 1.06 bits per heavy atom. The monoisotopic (exact) mass is 520 g/mol. The molecule has 6 aromatic rings. The fourth-order valence-electron chi connectivity index (χ4n) is 6.84. The summed E-state index contributed by atoms with van der Waals surface area (Å²) in [6.45, 7) is 0. The Bertz CT molecular complexity index is 1910. The third-order valence-corrected chi connectivity index (χ3v) is 8.63. The van der Waals surface area contributed by atoms with Crippen LogP contribution in [0.5, 0.6) is 0 Å². The number of fused-ring (bicyclic) bond motifs is 14. The van der Waals surface area contributed by atoms with Crippen molar-refractivity contribution in [3.8, 4) is 11.1 Å². The Morgan fingerprint density at radius 3 is 1.86 bits per heavy atom. The van der Waals surface area contributed by atoms with E-state index in [4.69, 9.17) is 0 Å². The first-order valence-corrected chi connectivity index (χ1v) is 13.2. The molecule has 1 spiro atoms. The van der Waals surface area contributed by atoms with Crippen molar-refractivity contribution in [2.75, 3.05) is 0 Å². The Hall–Kier alpha value is -3.94. The van der Waals surface area contributed by atoms with Gasteiger partial charge in [-0.1, -0.05) is 131 Å². The Kier molecular flexibility index (Phi) is 4.10. The van der Waals surface area contributed by atoms with Crippen molar-refractivity contribution < 1.29 is 0 Å². The van der Waals surface area contributed by atoms with Gasteiger partial charge < -0.3 is 0 Å². The highest BCUT2D eigenvalue weighted by Crippen LogP contribution is 2.62. The van der Waals surface area contributed by atoms with Crippen LogP contribution in [0.3, 0.4) is 0 Å². The van der Waals surface area contributed by atoms with Gasteiger partial charge in [0.15, 0.2) is 0 Å². The molecule has 36 heavy (non-hydrogen) atoms. The summed E-state index contributed by atoms with van der Waals surface area (Å²) in [4.78, 5) is 0. The Labute approximate surface area is 218 Å². The van der Waals surface area contributed by atoms with E-state index in [1.54, 1.807) is 0 Å². The minimum absolute atomic E-state index is 0.436. The predicted molar refractivity (Wildman–Crippen MR) is 155 cm³/mol. The second-order valence-corrected chi connectivity index (χ2v) is 10.7. The van der Waals surface area contributed by atoms with Crippen LogP contribution in [0.25, 0.3) is 44.8 Å². The summed E-state index contributed by atoms with van der Waals surface area (Å²) < 4.78 is 1.10. The maximum atomic E-state index is 3.83. The lowest BCUT2D eigenvalue weighted by Gasteiger charge is -2.36. The van der Waals surface area contributed by atoms with Crippen molar-refractivity contribution >= 4 is 49.6 Å². The lowest BCUT2D eigenvalue weighted by molar-refractivity contribution is 0.773. The van der Waals surface area contributed by atoms with E-state index in [2.05, 4.69) is 143 Å². The Balaban J connectivity index is 1.73. The highest BCUT2D eigenvalue weighted by Gasteiger charge is 2.50. The maximum absolute atomic E-state index is 3.83. The molecule has 6 aromatic carbocycles. The van der Waals surface area contributed by atoms with E-state index < -0.39 is 5.41 Å². The fourth-order valence-corrected chi connectivity index (χ4v) is 7.20. The molecule has 2 aliphatic rings. The average Bonchev–Trinajstić information content (AvgIpc) is 3.16. The molecule has 0 bridgehead atoms. The largest absolute Gasteiger partial charge is 0.0731 e. The standard InChI is InChI=1S/C35H21Br/c36-24-20-19-23-18-17-22-9-1-7-15-30(22)35(32(23)21-24)31-16-8-6-14-29(31)33-27-12-4-2-10-25(27)26-11-3-5-13-28(26)34(33)35/h1-21H. The first-order valence-electron chi connectivity index (χ1n) is 12.4. The van der Waals surface area contributed by atoms with Gasteiger partial charge in [0, 0.05) is 4.47 Å². The average molecular weight is 521 g/mol. The second-order valence-electron chi connectivity index (χ2n) is 9.79. The van der Waals surface area contributed by atoms with Gasteiger partial charge in [-0.25, -0.2) is 0 Å². The van der Waals surface area contributed by atoms with Gasteiger partial charge in [0.1, 0.15) is 0 Å². The van der Waals surface area contributed by atoms with Crippen molar-refractivity contribution in [3.05, 3.63) is 153 Å². The molecule has 2 aliphatic carbocycles. The minimum Gasteiger partial charge on any atom is -0.0619 e. The van der Waals surface area contributed by atoms with E-state index in [0.717, 1.165) is 4.47 Å². The van der Waals surface area contributed by atoms with Gasteiger partial charge >= 0.3 is 0 Å². The second kappa shape index (κ2) is 7.29. The lowest BCUT2D eigenvalue weighted by atomic mass is 9.65. The zero-order chi connectivity index (χ0) is 23.9. The maximum Gasteiger partial charge on any atom is 0.0731 e. The molecular formula is C35H21Br. The highest BCUT2D eigenvalue weighted by molar-refractivity contribution is 9.10. The summed E-state index contributed by atoms with van der Waals surface area (Å²) in [5.41, 5.74) is 10.2. The fraction of sp³-hybridized carbons (Fsp3) is 0.0286. The summed E-state index contributed by atoms with van der Waals surface area (Å²) in [7, 11) is 0. The van der Waals surface area contributed by atoms with Crippen LogP contribution in [0.4, 0.5) is 0 Å². The van der Waals surface area contributed by atoms with Crippen molar-refractivity contribution in [1.82, 2.24) is 0 Å². The molecule has 0 heterocycles. The third-order valence-electron chi connectivity index (χ3n) is 8.13. The number of halogens is 1. The quantitative estimate of drug-likeness (QED) is 0.174. The zero-order valence-corrected chi connectivity index (χ0v) is 21.1. The SMILES string of the molecule is Brc1ccc2c(c1)C1(c3ccccc3C=C2)c2ccccc2-c2c1c1ccccc1c1ccccc21. The molecule has 168 valence electrons. The van der Waals surface area contributed by atoms with E-state index in [9.17, 15) is 0 Å². The van der Waals surface area contributed by atoms with Crippen LogP contribution in [0, 0.1) is 0 Å². The van der Waals surface area contributed by atoms with Crippen LogP contribution in [-0.2, 0) is 5.41 Å². The van der Waals surface area contributed by atoms with E-state index in [1.165, 1.54) is 66.1 Å². The van der Waals surface area contributed by atoms with Crippen LogP contribution < -0.4 is 0 Å². The zero-order valence-electron chi connectivity index (χ0n) is 19.5. The predicted octanol–water partition coefficient (Wildman–Crippen LogP) is 9.60. The van der Waals surface area contributed by atoms with Gasteiger partial charge in [-0.05, 0) is 78.2 Å². The van der Waals surface area contributed by atoms with Gasteiger partial charge in [-0.15, -0.1) is 0 Å². The summed E-state index contributed by atoms with van der Waals surface area (Å²) >= 11 is 3.83. The van der Waals surface area contributed by atoms with Gasteiger partial charge in [0.05, 0.1) is 5.41 Å². The summed E-state index contributed by atoms with van der Waals surface area (Å²) in [6, 6.07) is 42.7. The van der Waals surface area contributed by atoms with Crippen LogP contribution in [0.15, 0.2) is 120 Å². The molecule has 0 aliphatic heterocycles. The van der Waals surface area contributed by atoms with Gasteiger partial charge in [-0.2, -0.15) is 0 Å². The van der Waals surface area contributed by atoms with Crippen LogP contribution >= 0.6 is 15.9 Å². The molecule has 1 unspecified atom stereocenters. The van der Waals surface area contributed by atoms with Crippen LogP contribution in [-0.4, -0.2) is 0 Å². The lowest BCUT2D eigenvalue weighted by Crippen LogP contribution is -2.30. The molecule has 0 fully saturated rings. The van der Waals surface area contributed by atoms with Gasteiger partial charge in [0.25, 0.3) is 0 Å². The summed E-state index contributed by atoms with van der Waals surface area (Å²) in [5, 5.41) is 5.27. The van der Waals surface area contributed by atoms with Crippen molar-refractivity contribution in [1.29, 1.82) is 0 Å². The molecular weight excluding hydrogens is 500 g/mol. The molecule has 0 saturated heterocycles.